The summed E-state index contributed by atoms with van der Waals surface area (Å²) in [5.74, 6) is -2.10. The van der Waals surface area contributed by atoms with Crippen molar-refractivity contribution in [1.82, 2.24) is 15.3 Å². The molecule has 170 valence electrons. The van der Waals surface area contributed by atoms with Crippen molar-refractivity contribution in [1.29, 1.82) is 0 Å². The van der Waals surface area contributed by atoms with Gasteiger partial charge in [-0.2, -0.15) is 0 Å². The van der Waals surface area contributed by atoms with Crippen LogP contribution in [0.2, 0.25) is 0 Å². The maximum atomic E-state index is 12.3. The number of H-pyrrole nitrogens is 1. The first-order valence-corrected chi connectivity index (χ1v) is 10.4. The fourth-order valence-corrected chi connectivity index (χ4v) is 3.96. The second-order valence-electron chi connectivity index (χ2n) is 7.93. The number of nitrogens with zero attached hydrogens (tertiary/aromatic N) is 2. The Hall–Kier alpha value is -3.69. The molecule has 1 unspecified atom stereocenters. The minimum Gasteiger partial charge on any atom is -0.481 e. The molecular formula is C22H26N4O6. The first-order valence-electron chi connectivity index (χ1n) is 10.4. The number of amides is 1. The normalized spacial score (nSPS) is 15.8. The van der Waals surface area contributed by atoms with Gasteiger partial charge in [0.25, 0.3) is 11.5 Å². The highest BCUT2D eigenvalue weighted by Crippen LogP contribution is 2.33. The highest BCUT2D eigenvalue weighted by molar-refractivity contribution is 5.96. The van der Waals surface area contributed by atoms with Gasteiger partial charge in [-0.1, -0.05) is 12.1 Å². The molecule has 2 aromatic rings. The fourth-order valence-electron chi connectivity index (χ4n) is 3.96. The van der Waals surface area contributed by atoms with E-state index in [0.29, 0.717) is 5.56 Å². The monoisotopic (exact) mass is 442 g/mol. The van der Waals surface area contributed by atoms with Crippen LogP contribution in [-0.2, 0) is 16.0 Å². The van der Waals surface area contributed by atoms with Crippen LogP contribution >= 0.6 is 0 Å². The number of likely N-dealkylation sites (N-methyl/N-ethyl adjacent to an activating group) is 1. The number of carboxylic acid groups (broad SMARTS) is 2. The molecule has 0 saturated heterocycles. The molecule has 0 fully saturated rings. The van der Waals surface area contributed by atoms with Gasteiger partial charge in [-0.3, -0.25) is 14.4 Å². The molecule has 10 heteroatoms. The van der Waals surface area contributed by atoms with Crippen molar-refractivity contribution in [2.45, 2.75) is 44.1 Å². The van der Waals surface area contributed by atoms with Crippen LogP contribution < -0.4 is 15.8 Å². The zero-order valence-corrected chi connectivity index (χ0v) is 17.7. The van der Waals surface area contributed by atoms with Crippen LogP contribution in [0.3, 0.4) is 0 Å². The Labute approximate surface area is 184 Å². The molecule has 0 spiro atoms. The number of hydrogen-bond donors (Lipinski definition) is 4. The molecule has 0 radical (unpaired) electrons. The Morgan fingerprint density at radius 2 is 1.97 bits per heavy atom. The molecule has 1 amide bonds. The number of carbonyl (C=O) groups excluding carboxylic acids is 1. The third-order valence-electron chi connectivity index (χ3n) is 5.62. The molecule has 0 aliphatic carbocycles. The summed E-state index contributed by atoms with van der Waals surface area (Å²) < 4.78 is 0. The number of nitrogens with one attached hydrogen (secondary N) is 2. The van der Waals surface area contributed by atoms with E-state index in [1.165, 1.54) is 6.33 Å². The summed E-state index contributed by atoms with van der Waals surface area (Å²) in [6.07, 6.45) is 3.34. The number of aliphatic carboxylic acids is 2. The van der Waals surface area contributed by atoms with E-state index in [-0.39, 0.29) is 24.3 Å². The van der Waals surface area contributed by atoms with Crippen molar-refractivity contribution >= 4 is 23.7 Å². The van der Waals surface area contributed by atoms with E-state index in [0.717, 1.165) is 42.8 Å². The second kappa shape index (κ2) is 10.1. The van der Waals surface area contributed by atoms with E-state index in [4.69, 9.17) is 5.11 Å². The van der Waals surface area contributed by atoms with Crippen LogP contribution in [0.25, 0.3) is 0 Å². The Morgan fingerprint density at radius 1 is 1.25 bits per heavy atom. The fraction of sp³-hybridized carbons (Fsp3) is 0.409. The van der Waals surface area contributed by atoms with Crippen molar-refractivity contribution in [2.24, 2.45) is 0 Å². The SMILES string of the molecule is CN1CC(CCCc2ccc(C(=O)N[C@@H](CCC(=O)O)C(=O)O)cc2)c2c1nc[nH]c2=O. The Bertz CT molecular complexity index is 1050. The number of aromatic nitrogens is 2. The zero-order chi connectivity index (χ0) is 23.3. The van der Waals surface area contributed by atoms with Crippen LogP contribution in [0.5, 0.6) is 0 Å². The third kappa shape index (κ3) is 5.51. The summed E-state index contributed by atoms with van der Waals surface area (Å²) in [4.78, 5) is 55.3. The lowest BCUT2D eigenvalue weighted by molar-refractivity contribution is -0.140. The Kier molecular flexibility index (Phi) is 7.24. The maximum Gasteiger partial charge on any atom is 0.326 e. The van der Waals surface area contributed by atoms with Gasteiger partial charge in [0, 0.05) is 31.5 Å². The predicted molar refractivity (Wildman–Crippen MR) is 116 cm³/mol. The number of hydrogen-bond acceptors (Lipinski definition) is 6. The highest BCUT2D eigenvalue weighted by Gasteiger charge is 2.30. The number of aryl methyl sites for hydroxylation is 1. The molecule has 4 N–H and O–H groups in total. The number of carbonyl (C=O) groups is 3. The first-order chi connectivity index (χ1) is 15.3. The molecule has 1 aromatic carbocycles. The van der Waals surface area contributed by atoms with Gasteiger partial charge in [0.2, 0.25) is 0 Å². The van der Waals surface area contributed by atoms with Gasteiger partial charge in [0.05, 0.1) is 11.9 Å². The zero-order valence-electron chi connectivity index (χ0n) is 17.7. The molecule has 2 atom stereocenters. The van der Waals surface area contributed by atoms with Gasteiger partial charge in [-0.05, 0) is 43.4 Å². The van der Waals surface area contributed by atoms with Crippen molar-refractivity contribution in [3.63, 3.8) is 0 Å². The minimum absolute atomic E-state index is 0.0947. The molecule has 2 heterocycles. The minimum atomic E-state index is -1.27. The summed E-state index contributed by atoms with van der Waals surface area (Å²) in [5, 5.41) is 20.2. The number of carboxylic acids is 2. The topological polar surface area (TPSA) is 153 Å². The molecule has 1 aliphatic heterocycles. The van der Waals surface area contributed by atoms with E-state index in [2.05, 4.69) is 15.3 Å². The third-order valence-corrected chi connectivity index (χ3v) is 5.62. The van der Waals surface area contributed by atoms with E-state index in [1.54, 1.807) is 12.1 Å². The molecule has 1 aromatic heterocycles. The van der Waals surface area contributed by atoms with Gasteiger partial charge in [0.15, 0.2) is 0 Å². The van der Waals surface area contributed by atoms with Gasteiger partial charge in [-0.15, -0.1) is 0 Å². The van der Waals surface area contributed by atoms with Gasteiger partial charge >= 0.3 is 11.9 Å². The summed E-state index contributed by atoms with van der Waals surface area (Å²) in [7, 11) is 1.92. The Balaban J connectivity index is 1.53. The van der Waals surface area contributed by atoms with Crippen molar-refractivity contribution in [3.8, 4) is 0 Å². The van der Waals surface area contributed by atoms with Crippen molar-refractivity contribution in [3.05, 3.63) is 57.6 Å². The maximum absolute atomic E-state index is 12.3. The lowest BCUT2D eigenvalue weighted by atomic mass is 9.95. The lowest BCUT2D eigenvalue weighted by Gasteiger charge is -2.14. The van der Waals surface area contributed by atoms with Crippen LogP contribution in [0.15, 0.2) is 35.4 Å². The summed E-state index contributed by atoms with van der Waals surface area (Å²) in [5.41, 5.74) is 1.97. The van der Waals surface area contributed by atoms with E-state index < -0.39 is 23.9 Å². The van der Waals surface area contributed by atoms with Crippen molar-refractivity contribution in [2.75, 3.05) is 18.5 Å². The number of anilines is 1. The standard InChI is InChI=1S/C22H26N4O6/c1-26-11-15(18-19(26)23-12-24-21(18)30)4-2-3-13-5-7-14(8-6-13)20(29)25-16(22(31)32)9-10-17(27)28/h5-8,12,15-16H,2-4,9-11H2,1H3,(H,25,29)(H,27,28)(H,31,32)(H,23,24,30)/t15?,16-/m0/s1. The average molecular weight is 442 g/mol. The molecular weight excluding hydrogens is 416 g/mol. The molecule has 0 saturated carbocycles. The molecule has 32 heavy (non-hydrogen) atoms. The number of fused-ring (bicyclic) bond motifs is 1. The number of rotatable bonds is 10. The molecule has 10 nitrogen and oxygen atoms in total. The van der Waals surface area contributed by atoms with E-state index in [1.807, 2.05) is 24.1 Å². The largest absolute Gasteiger partial charge is 0.481 e. The van der Waals surface area contributed by atoms with E-state index in [9.17, 15) is 24.3 Å². The van der Waals surface area contributed by atoms with Gasteiger partial charge in [0.1, 0.15) is 11.9 Å². The number of benzene rings is 1. The van der Waals surface area contributed by atoms with Crippen LogP contribution in [0.1, 0.15) is 53.1 Å². The molecule has 1 aliphatic rings. The van der Waals surface area contributed by atoms with Crippen LogP contribution in [0, 0.1) is 0 Å². The van der Waals surface area contributed by atoms with Crippen molar-refractivity contribution < 1.29 is 24.6 Å². The Morgan fingerprint density at radius 3 is 2.62 bits per heavy atom. The summed E-state index contributed by atoms with van der Waals surface area (Å²) in [6, 6.07) is 5.60. The average Bonchev–Trinajstić information content (AvgIpc) is 3.08. The van der Waals surface area contributed by atoms with Crippen LogP contribution in [-0.4, -0.2) is 57.7 Å². The quantitative estimate of drug-likeness (QED) is 0.430. The lowest BCUT2D eigenvalue weighted by Crippen LogP contribution is -2.41. The predicted octanol–water partition coefficient (Wildman–Crippen LogP) is 1.37. The smallest absolute Gasteiger partial charge is 0.326 e. The first kappa shape index (κ1) is 23.0. The summed E-state index contributed by atoms with van der Waals surface area (Å²) >= 11 is 0. The molecule has 3 rings (SSSR count). The van der Waals surface area contributed by atoms with Gasteiger partial charge < -0.3 is 25.4 Å². The molecule has 0 bridgehead atoms. The van der Waals surface area contributed by atoms with E-state index >= 15 is 0 Å². The summed E-state index contributed by atoms with van der Waals surface area (Å²) in [6.45, 7) is 0.751. The highest BCUT2D eigenvalue weighted by atomic mass is 16.4. The number of aromatic amines is 1. The van der Waals surface area contributed by atoms with Crippen LogP contribution in [0.4, 0.5) is 5.82 Å². The van der Waals surface area contributed by atoms with Gasteiger partial charge in [-0.25, -0.2) is 9.78 Å². The second-order valence-corrected chi connectivity index (χ2v) is 7.93.